The van der Waals surface area contributed by atoms with Crippen molar-refractivity contribution in [1.29, 1.82) is 0 Å². The molecule has 0 fully saturated rings. The van der Waals surface area contributed by atoms with Crippen molar-refractivity contribution in [2.45, 2.75) is 297 Å². The molecule has 6 heteroatoms. The summed E-state index contributed by atoms with van der Waals surface area (Å²) >= 11 is 0. The largest absolute Gasteiger partial charge is 0.462 e. The van der Waals surface area contributed by atoms with Gasteiger partial charge in [0.2, 0.25) is 0 Å². The Kier molecular flexibility index (Phi) is 53.3. The summed E-state index contributed by atoms with van der Waals surface area (Å²) in [6, 6.07) is 0. The summed E-state index contributed by atoms with van der Waals surface area (Å²) < 4.78 is 16.7. The molecule has 0 aliphatic heterocycles. The number of esters is 3. The highest BCUT2D eigenvalue weighted by molar-refractivity contribution is 5.71. The van der Waals surface area contributed by atoms with Crippen LogP contribution in [0.15, 0.2) is 60.8 Å². The molecule has 388 valence electrons. The van der Waals surface area contributed by atoms with E-state index in [0.29, 0.717) is 19.3 Å². The van der Waals surface area contributed by atoms with Crippen molar-refractivity contribution in [3.05, 3.63) is 60.8 Å². The van der Waals surface area contributed by atoms with E-state index in [1.54, 1.807) is 0 Å². The van der Waals surface area contributed by atoms with Crippen molar-refractivity contribution in [3.63, 3.8) is 0 Å². The number of hydrogen-bond acceptors (Lipinski definition) is 6. The Labute approximate surface area is 415 Å². The van der Waals surface area contributed by atoms with Crippen LogP contribution in [-0.4, -0.2) is 37.2 Å². The van der Waals surface area contributed by atoms with Gasteiger partial charge in [0, 0.05) is 19.3 Å². The molecule has 0 N–H and O–H groups in total. The van der Waals surface area contributed by atoms with Crippen molar-refractivity contribution in [2.75, 3.05) is 13.2 Å². The molecule has 0 aromatic rings. The van der Waals surface area contributed by atoms with E-state index >= 15 is 0 Å². The SMILES string of the molecule is CC/C=C\C/C=C\C/C=C\C/C=C\CCCCCCCCCCCCCCCCCCCCC(=O)OCC(COC(=O)CCCCCCC)OC(=O)CCCCCCC/C=C\CCCCCC. The third-order valence-corrected chi connectivity index (χ3v) is 12.5. The molecule has 0 amide bonds. The van der Waals surface area contributed by atoms with Gasteiger partial charge in [0.15, 0.2) is 6.10 Å². The second-order valence-electron chi connectivity index (χ2n) is 19.2. The first-order valence-electron chi connectivity index (χ1n) is 28.8. The molecule has 0 spiro atoms. The highest BCUT2D eigenvalue weighted by Gasteiger charge is 2.19. The van der Waals surface area contributed by atoms with E-state index in [1.165, 1.54) is 154 Å². The maximum absolute atomic E-state index is 12.7. The predicted molar refractivity (Wildman–Crippen MR) is 288 cm³/mol. The van der Waals surface area contributed by atoms with Crippen LogP contribution in [0.5, 0.6) is 0 Å². The van der Waals surface area contributed by atoms with Crippen LogP contribution in [0.2, 0.25) is 0 Å². The molecule has 0 aromatic heterocycles. The Balaban J connectivity index is 3.93. The van der Waals surface area contributed by atoms with E-state index in [2.05, 4.69) is 81.5 Å². The van der Waals surface area contributed by atoms with Crippen molar-refractivity contribution in [3.8, 4) is 0 Å². The molecule has 1 atom stereocenters. The first-order valence-corrected chi connectivity index (χ1v) is 28.8. The smallest absolute Gasteiger partial charge is 0.306 e. The number of unbranched alkanes of at least 4 members (excludes halogenated alkanes) is 31. The zero-order chi connectivity index (χ0) is 48.6. The number of rotatable bonds is 52. The van der Waals surface area contributed by atoms with Gasteiger partial charge >= 0.3 is 17.9 Å². The zero-order valence-electron chi connectivity index (χ0n) is 44.4. The quantitative estimate of drug-likeness (QED) is 0.0262. The summed E-state index contributed by atoms with van der Waals surface area (Å²) in [5.74, 6) is -0.888. The van der Waals surface area contributed by atoms with Gasteiger partial charge in [-0.05, 0) is 83.5 Å². The Hall–Kier alpha value is -2.89. The fourth-order valence-electron chi connectivity index (χ4n) is 8.19. The summed E-state index contributed by atoms with van der Waals surface area (Å²) in [5.41, 5.74) is 0. The normalized spacial score (nSPS) is 12.5. The minimum atomic E-state index is -0.771. The molecule has 0 saturated carbocycles. The molecule has 0 radical (unpaired) electrons. The summed E-state index contributed by atoms with van der Waals surface area (Å²) in [7, 11) is 0. The van der Waals surface area contributed by atoms with Gasteiger partial charge in [0.25, 0.3) is 0 Å². The third-order valence-electron chi connectivity index (χ3n) is 12.5. The zero-order valence-corrected chi connectivity index (χ0v) is 44.4. The monoisotopic (exact) mass is 937 g/mol. The number of hydrogen-bond donors (Lipinski definition) is 0. The summed E-state index contributed by atoms with van der Waals surface area (Å²) in [6.45, 7) is 6.44. The number of carbonyl (C=O) groups is 3. The topological polar surface area (TPSA) is 78.9 Å². The van der Waals surface area contributed by atoms with Crippen molar-refractivity contribution < 1.29 is 28.6 Å². The molecular formula is C61H108O6. The van der Waals surface area contributed by atoms with E-state index in [0.717, 1.165) is 96.3 Å². The second-order valence-corrected chi connectivity index (χ2v) is 19.2. The van der Waals surface area contributed by atoms with E-state index < -0.39 is 6.10 Å². The average molecular weight is 938 g/mol. The molecule has 67 heavy (non-hydrogen) atoms. The Morgan fingerprint density at radius 2 is 0.582 bits per heavy atom. The minimum absolute atomic E-state index is 0.0743. The van der Waals surface area contributed by atoms with E-state index in [-0.39, 0.29) is 31.1 Å². The van der Waals surface area contributed by atoms with Crippen LogP contribution in [0.1, 0.15) is 290 Å². The molecule has 0 rings (SSSR count). The summed E-state index contributed by atoms with van der Waals surface area (Å²) in [6.07, 6.45) is 69.9. The van der Waals surface area contributed by atoms with Crippen LogP contribution < -0.4 is 0 Å². The van der Waals surface area contributed by atoms with Gasteiger partial charge < -0.3 is 14.2 Å². The van der Waals surface area contributed by atoms with Crippen LogP contribution in [0.25, 0.3) is 0 Å². The Bertz CT molecular complexity index is 1210. The maximum Gasteiger partial charge on any atom is 0.306 e. The molecule has 0 aliphatic carbocycles. The van der Waals surface area contributed by atoms with Gasteiger partial charge in [-0.1, -0.05) is 248 Å². The van der Waals surface area contributed by atoms with Crippen LogP contribution in [-0.2, 0) is 28.6 Å². The lowest BCUT2D eigenvalue weighted by atomic mass is 10.0. The van der Waals surface area contributed by atoms with Crippen LogP contribution in [0.3, 0.4) is 0 Å². The van der Waals surface area contributed by atoms with Crippen molar-refractivity contribution in [1.82, 2.24) is 0 Å². The van der Waals surface area contributed by atoms with Crippen molar-refractivity contribution in [2.24, 2.45) is 0 Å². The van der Waals surface area contributed by atoms with E-state index in [4.69, 9.17) is 14.2 Å². The molecule has 6 nitrogen and oxygen atoms in total. The van der Waals surface area contributed by atoms with Crippen LogP contribution >= 0.6 is 0 Å². The number of ether oxygens (including phenoxy) is 3. The van der Waals surface area contributed by atoms with Gasteiger partial charge in [-0.15, -0.1) is 0 Å². The molecule has 0 heterocycles. The first-order chi connectivity index (χ1) is 33.0. The average Bonchev–Trinajstić information content (AvgIpc) is 3.33. The third kappa shape index (κ3) is 53.9. The first kappa shape index (κ1) is 64.1. The van der Waals surface area contributed by atoms with E-state index in [9.17, 15) is 14.4 Å². The molecule has 1 unspecified atom stereocenters. The number of allylic oxidation sites excluding steroid dienone is 10. The lowest BCUT2D eigenvalue weighted by molar-refractivity contribution is -0.167. The Morgan fingerprint density at radius 1 is 0.313 bits per heavy atom. The van der Waals surface area contributed by atoms with Gasteiger partial charge in [-0.2, -0.15) is 0 Å². The molecule has 0 saturated heterocycles. The minimum Gasteiger partial charge on any atom is -0.462 e. The second kappa shape index (κ2) is 55.7. The van der Waals surface area contributed by atoms with Gasteiger partial charge in [0.05, 0.1) is 0 Å². The summed E-state index contributed by atoms with van der Waals surface area (Å²) in [4.78, 5) is 37.7. The molecule has 0 bridgehead atoms. The molecule has 0 aliphatic rings. The van der Waals surface area contributed by atoms with Crippen molar-refractivity contribution >= 4 is 17.9 Å². The van der Waals surface area contributed by atoms with E-state index in [1.807, 2.05) is 0 Å². The lowest BCUT2D eigenvalue weighted by Gasteiger charge is -2.18. The fraction of sp³-hybridized carbons (Fsp3) is 0.787. The highest BCUT2D eigenvalue weighted by Crippen LogP contribution is 2.16. The standard InChI is InChI=1S/C61H108O6/c1-4-7-10-13-15-17-19-21-22-23-24-25-26-27-28-29-30-31-32-33-34-35-36-37-38-40-41-43-45-48-51-54-60(63)66-57-58(56-65-59(62)53-50-47-12-9-6-3)67-61(64)55-52-49-46-44-42-39-20-18-16-14-11-8-5-2/h7,10,15,17-18,20-22,24-25,58H,4-6,8-9,11-14,16,19,23,26-57H2,1-3H3/b10-7-,17-15-,20-18-,22-21-,25-24-. The van der Waals surface area contributed by atoms with Gasteiger partial charge in [-0.3, -0.25) is 14.4 Å². The molecule has 0 aromatic carbocycles. The van der Waals surface area contributed by atoms with Crippen LogP contribution in [0, 0.1) is 0 Å². The fourth-order valence-corrected chi connectivity index (χ4v) is 8.19. The van der Waals surface area contributed by atoms with Crippen LogP contribution in [0.4, 0.5) is 0 Å². The Morgan fingerprint density at radius 3 is 0.940 bits per heavy atom. The molecular weight excluding hydrogens is 829 g/mol. The summed E-state index contributed by atoms with van der Waals surface area (Å²) in [5, 5.41) is 0. The number of carbonyl (C=O) groups excluding carboxylic acids is 3. The highest BCUT2D eigenvalue weighted by atomic mass is 16.6. The van der Waals surface area contributed by atoms with Gasteiger partial charge in [0.1, 0.15) is 13.2 Å². The van der Waals surface area contributed by atoms with Gasteiger partial charge in [-0.25, -0.2) is 0 Å². The predicted octanol–water partition coefficient (Wildman–Crippen LogP) is 19.2. The lowest BCUT2D eigenvalue weighted by Crippen LogP contribution is -2.30. The maximum atomic E-state index is 12.7.